The van der Waals surface area contributed by atoms with Crippen LogP contribution >= 0.6 is 0 Å². The van der Waals surface area contributed by atoms with Gasteiger partial charge in [-0.2, -0.15) is 0 Å². The van der Waals surface area contributed by atoms with E-state index in [2.05, 4.69) is 38.2 Å². The predicted molar refractivity (Wildman–Crippen MR) is 49.9 cm³/mol. The van der Waals surface area contributed by atoms with E-state index < -0.39 is 0 Å². The van der Waals surface area contributed by atoms with Crippen LogP contribution in [0.4, 0.5) is 0 Å². The van der Waals surface area contributed by atoms with E-state index in [1.54, 1.807) is 0 Å². The van der Waals surface area contributed by atoms with Crippen molar-refractivity contribution in [2.45, 2.75) is 13.8 Å². The monoisotopic (exact) mass is 162 g/mol. The number of hydrogen-bond acceptors (Lipinski definition) is 1. The normalized spacial score (nSPS) is 25.8. The van der Waals surface area contributed by atoms with Crippen molar-refractivity contribution in [1.82, 2.24) is 0 Å². The number of allylic oxidation sites excluding steroid dienone is 4. The van der Waals surface area contributed by atoms with Crippen molar-refractivity contribution < 1.29 is 4.74 Å². The molecule has 2 rings (SSSR count). The van der Waals surface area contributed by atoms with Crippen LogP contribution in [0.2, 0.25) is 0 Å². The van der Waals surface area contributed by atoms with E-state index in [-0.39, 0.29) is 5.41 Å². The Hall–Kier alpha value is -0.820. The van der Waals surface area contributed by atoms with E-state index in [9.17, 15) is 0 Å². The van der Waals surface area contributed by atoms with E-state index in [1.807, 2.05) is 0 Å². The van der Waals surface area contributed by atoms with Gasteiger partial charge < -0.3 is 4.74 Å². The first-order valence-corrected chi connectivity index (χ1v) is 4.36. The van der Waals surface area contributed by atoms with Crippen LogP contribution in [0.25, 0.3) is 0 Å². The van der Waals surface area contributed by atoms with E-state index >= 15 is 0 Å². The molecule has 1 saturated heterocycles. The average Bonchev–Trinajstić information content (AvgIpc) is 2.31. The van der Waals surface area contributed by atoms with Crippen LogP contribution in [0.1, 0.15) is 13.8 Å². The van der Waals surface area contributed by atoms with Crippen LogP contribution in [-0.2, 0) is 4.74 Å². The summed E-state index contributed by atoms with van der Waals surface area (Å²) < 4.78 is 5.37. The molecule has 0 aromatic carbocycles. The zero-order valence-corrected chi connectivity index (χ0v) is 7.63. The molecule has 0 bridgehead atoms. The van der Waals surface area contributed by atoms with Crippen LogP contribution < -0.4 is 0 Å². The Morgan fingerprint density at radius 1 is 1.25 bits per heavy atom. The summed E-state index contributed by atoms with van der Waals surface area (Å²) in [6.07, 6.45) is 8.82. The summed E-state index contributed by atoms with van der Waals surface area (Å²) in [5.41, 5.74) is 2.89. The fourth-order valence-electron chi connectivity index (χ4n) is 1.66. The zero-order valence-electron chi connectivity index (χ0n) is 7.63. The first-order valence-electron chi connectivity index (χ1n) is 4.36. The molecular formula is C11H14O. The minimum absolute atomic E-state index is 0.182. The molecule has 12 heavy (non-hydrogen) atoms. The second kappa shape index (κ2) is 2.60. The molecule has 1 aliphatic carbocycles. The van der Waals surface area contributed by atoms with Gasteiger partial charge in [0, 0.05) is 5.41 Å². The molecule has 0 N–H and O–H groups in total. The Kier molecular flexibility index (Phi) is 1.69. The Morgan fingerprint density at radius 3 is 2.83 bits per heavy atom. The molecule has 0 spiro atoms. The van der Waals surface area contributed by atoms with Gasteiger partial charge in [-0.25, -0.2) is 0 Å². The van der Waals surface area contributed by atoms with Crippen LogP contribution in [0.15, 0.2) is 35.5 Å². The van der Waals surface area contributed by atoms with Crippen LogP contribution in [0.5, 0.6) is 0 Å². The molecule has 0 aromatic heterocycles. The lowest BCUT2D eigenvalue weighted by molar-refractivity contribution is 0.214. The summed E-state index contributed by atoms with van der Waals surface area (Å²) in [4.78, 5) is 0. The van der Waals surface area contributed by atoms with Crippen molar-refractivity contribution >= 4 is 0 Å². The van der Waals surface area contributed by atoms with E-state index in [0.29, 0.717) is 0 Å². The lowest BCUT2D eigenvalue weighted by atomic mass is 9.91. The van der Waals surface area contributed by atoms with Gasteiger partial charge in [0.05, 0.1) is 13.2 Å². The summed E-state index contributed by atoms with van der Waals surface area (Å²) in [5, 5.41) is 0. The molecule has 0 amide bonds. The van der Waals surface area contributed by atoms with E-state index in [4.69, 9.17) is 4.74 Å². The molecule has 0 saturated carbocycles. The van der Waals surface area contributed by atoms with Crippen molar-refractivity contribution in [3.05, 3.63) is 35.5 Å². The fraction of sp³-hybridized carbons (Fsp3) is 0.455. The van der Waals surface area contributed by atoms with Gasteiger partial charge in [-0.05, 0) is 11.1 Å². The second-order valence-corrected chi connectivity index (χ2v) is 4.03. The minimum Gasteiger partial charge on any atom is -0.372 e. The lowest BCUT2D eigenvalue weighted by Gasteiger charge is -2.14. The van der Waals surface area contributed by atoms with Crippen molar-refractivity contribution in [1.29, 1.82) is 0 Å². The van der Waals surface area contributed by atoms with Crippen molar-refractivity contribution in [2.24, 2.45) is 5.41 Å². The molecule has 0 radical (unpaired) electrons. The molecule has 1 fully saturated rings. The Balaban J connectivity index is 2.40. The molecule has 1 heterocycles. The first-order chi connectivity index (χ1) is 5.67. The number of fused-ring (bicyclic) bond motifs is 1. The van der Waals surface area contributed by atoms with Gasteiger partial charge >= 0.3 is 0 Å². The Labute approximate surface area is 73.4 Å². The summed E-state index contributed by atoms with van der Waals surface area (Å²) in [6, 6.07) is 0. The van der Waals surface area contributed by atoms with Crippen LogP contribution in [0, 0.1) is 5.41 Å². The lowest BCUT2D eigenvalue weighted by Crippen LogP contribution is -2.03. The van der Waals surface area contributed by atoms with Gasteiger partial charge in [-0.3, -0.25) is 0 Å². The highest BCUT2D eigenvalue weighted by Gasteiger charge is 2.20. The predicted octanol–water partition coefficient (Wildman–Crippen LogP) is 2.47. The summed E-state index contributed by atoms with van der Waals surface area (Å²) in [6.45, 7) is 6.00. The van der Waals surface area contributed by atoms with Gasteiger partial charge in [0.2, 0.25) is 0 Å². The Bertz CT molecular complexity index is 279. The largest absolute Gasteiger partial charge is 0.372 e. The molecule has 0 unspecified atom stereocenters. The number of ether oxygens (including phenoxy) is 1. The van der Waals surface area contributed by atoms with Gasteiger partial charge in [-0.1, -0.05) is 38.2 Å². The highest BCUT2D eigenvalue weighted by Crippen LogP contribution is 2.30. The second-order valence-electron chi connectivity index (χ2n) is 4.03. The van der Waals surface area contributed by atoms with Gasteiger partial charge in [0.15, 0.2) is 0 Å². The highest BCUT2D eigenvalue weighted by atomic mass is 16.5. The maximum Gasteiger partial charge on any atom is 0.0724 e. The van der Waals surface area contributed by atoms with Crippen molar-refractivity contribution in [2.75, 3.05) is 13.2 Å². The molecule has 0 atom stereocenters. The van der Waals surface area contributed by atoms with Gasteiger partial charge in [0.25, 0.3) is 0 Å². The molecule has 1 heteroatoms. The van der Waals surface area contributed by atoms with Gasteiger partial charge in [0.1, 0.15) is 0 Å². The maximum absolute atomic E-state index is 5.37. The third kappa shape index (κ3) is 1.37. The summed E-state index contributed by atoms with van der Waals surface area (Å²) in [5.74, 6) is 0. The molecular weight excluding hydrogens is 148 g/mol. The van der Waals surface area contributed by atoms with E-state index in [1.165, 1.54) is 11.1 Å². The fourth-order valence-corrected chi connectivity index (χ4v) is 1.66. The quantitative estimate of drug-likeness (QED) is 0.531. The summed E-state index contributed by atoms with van der Waals surface area (Å²) >= 11 is 0. The molecule has 2 aliphatic rings. The van der Waals surface area contributed by atoms with E-state index in [0.717, 1.165) is 13.2 Å². The number of rotatable bonds is 0. The third-order valence-corrected chi connectivity index (χ3v) is 2.30. The molecule has 64 valence electrons. The van der Waals surface area contributed by atoms with Crippen LogP contribution in [0.3, 0.4) is 0 Å². The smallest absolute Gasteiger partial charge is 0.0724 e. The molecule has 0 aromatic rings. The maximum atomic E-state index is 5.37. The Morgan fingerprint density at radius 2 is 2.00 bits per heavy atom. The molecule has 1 aliphatic heterocycles. The third-order valence-electron chi connectivity index (χ3n) is 2.30. The highest BCUT2D eigenvalue weighted by molar-refractivity contribution is 5.41. The minimum atomic E-state index is 0.182. The number of hydrogen-bond donors (Lipinski definition) is 0. The standard InChI is InChI=1S/C11H14O/c1-11(2)5-3-4-9-7-12-8-10(9)6-11/h3-6H,7-8H2,1-2H3. The van der Waals surface area contributed by atoms with Crippen LogP contribution in [-0.4, -0.2) is 13.2 Å². The first kappa shape index (κ1) is 7.81. The van der Waals surface area contributed by atoms with Gasteiger partial charge in [-0.15, -0.1) is 0 Å². The van der Waals surface area contributed by atoms with Crippen molar-refractivity contribution in [3.63, 3.8) is 0 Å². The zero-order chi connectivity index (χ0) is 8.60. The molecule has 1 nitrogen and oxygen atoms in total. The van der Waals surface area contributed by atoms with Crippen molar-refractivity contribution in [3.8, 4) is 0 Å². The SMILES string of the molecule is CC1(C)C=CC=C2COCC2=C1. The average molecular weight is 162 g/mol. The summed E-state index contributed by atoms with van der Waals surface area (Å²) in [7, 11) is 0. The topological polar surface area (TPSA) is 9.23 Å².